The van der Waals surface area contributed by atoms with Gasteiger partial charge in [0.05, 0.1) is 0 Å². The van der Waals surface area contributed by atoms with Crippen molar-refractivity contribution in [1.82, 2.24) is 0 Å². The van der Waals surface area contributed by atoms with Gasteiger partial charge >= 0.3 is 0 Å². The first-order valence-corrected chi connectivity index (χ1v) is 8.85. The van der Waals surface area contributed by atoms with Gasteiger partial charge in [0, 0.05) is 16.1 Å². The molecule has 0 saturated heterocycles. The third kappa shape index (κ3) is 2.60. The zero-order chi connectivity index (χ0) is 14.8. The van der Waals surface area contributed by atoms with Gasteiger partial charge in [-0.25, -0.2) is 0 Å². The summed E-state index contributed by atoms with van der Waals surface area (Å²) >= 11 is 0. The fourth-order valence-electron chi connectivity index (χ4n) is 2.78. The molecule has 0 saturated carbocycles. The highest BCUT2D eigenvalue weighted by Gasteiger charge is 2.43. The lowest BCUT2D eigenvalue weighted by Crippen LogP contribution is -2.26. The molecule has 1 nitrogen and oxygen atoms in total. The molecular weight excluding hydrogens is 263 g/mol. The third-order valence-electron chi connectivity index (χ3n) is 3.96. The normalized spacial score (nSPS) is 16.4. The van der Waals surface area contributed by atoms with Crippen molar-refractivity contribution in [3.05, 3.63) is 66.2 Å². The summed E-state index contributed by atoms with van der Waals surface area (Å²) in [5, 5.41) is 0.715. The zero-order valence-corrected chi connectivity index (χ0v) is 13.6. The Bertz CT molecular complexity index is 596. The topological polar surface area (TPSA) is 17.1 Å². The van der Waals surface area contributed by atoms with Crippen LogP contribution in [-0.2, 0) is 4.57 Å². The second-order valence-electron chi connectivity index (χ2n) is 6.25. The smallest absolute Gasteiger partial charge is 0.127 e. The number of benzene rings is 2. The summed E-state index contributed by atoms with van der Waals surface area (Å²) in [5.41, 5.74) is 1.17. The van der Waals surface area contributed by atoms with Gasteiger partial charge in [0.15, 0.2) is 0 Å². The van der Waals surface area contributed by atoms with Crippen molar-refractivity contribution in [3.8, 4) is 0 Å². The van der Waals surface area contributed by atoms with E-state index in [1.165, 1.54) is 0 Å². The molecule has 0 aliphatic heterocycles. The maximum absolute atomic E-state index is 13.9. The van der Waals surface area contributed by atoms with Crippen molar-refractivity contribution < 1.29 is 4.57 Å². The van der Waals surface area contributed by atoms with Crippen LogP contribution in [0, 0.1) is 0 Å². The summed E-state index contributed by atoms with van der Waals surface area (Å²) in [6.45, 7) is 8.34. The van der Waals surface area contributed by atoms with Gasteiger partial charge in [-0.2, -0.15) is 0 Å². The van der Waals surface area contributed by atoms with Gasteiger partial charge in [-0.3, -0.25) is 0 Å². The highest BCUT2D eigenvalue weighted by molar-refractivity contribution is 7.73. The summed E-state index contributed by atoms with van der Waals surface area (Å²) in [7, 11) is -2.57. The summed E-state index contributed by atoms with van der Waals surface area (Å²) in [5.74, 6) is 0. The maximum Gasteiger partial charge on any atom is 0.127 e. The Labute approximate surface area is 122 Å². The Morgan fingerprint density at radius 3 is 1.75 bits per heavy atom. The highest BCUT2D eigenvalue weighted by Crippen LogP contribution is 2.66. The SMILES string of the molecule is C[C@@H](c1ccccc1)P(=O)(c1ccccc1)C(C)(C)C. The molecule has 0 aliphatic rings. The van der Waals surface area contributed by atoms with Crippen LogP contribution >= 0.6 is 7.14 Å². The van der Waals surface area contributed by atoms with E-state index >= 15 is 0 Å². The lowest BCUT2D eigenvalue weighted by molar-refractivity contribution is 0.548. The Morgan fingerprint density at radius 1 is 0.850 bits per heavy atom. The molecule has 2 heteroatoms. The Kier molecular flexibility index (Phi) is 4.20. The first-order valence-electron chi connectivity index (χ1n) is 7.08. The molecule has 0 amide bonds. The van der Waals surface area contributed by atoms with Crippen LogP contribution < -0.4 is 5.30 Å². The Hall–Kier alpha value is -1.33. The molecule has 0 N–H and O–H groups in total. The minimum absolute atomic E-state index is 0.0195. The lowest BCUT2D eigenvalue weighted by atomic mass is 10.2. The largest absolute Gasteiger partial charge is 0.317 e. The van der Waals surface area contributed by atoms with E-state index in [4.69, 9.17) is 0 Å². The highest BCUT2D eigenvalue weighted by atomic mass is 31.2. The molecule has 2 aromatic carbocycles. The summed E-state index contributed by atoms with van der Waals surface area (Å²) in [6, 6.07) is 20.1. The van der Waals surface area contributed by atoms with Crippen LogP contribution in [0.2, 0.25) is 0 Å². The summed E-state index contributed by atoms with van der Waals surface area (Å²) in [4.78, 5) is 0. The van der Waals surface area contributed by atoms with Gasteiger partial charge in [0.2, 0.25) is 0 Å². The van der Waals surface area contributed by atoms with Crippen LogP contribution in [0.1, 0.15) is 38.9 Å². The molecule has 20 heavy (non-hydrogen) atoms. The standard InChI is InChI=1S/C18H23OP/c1-15(16-11-7-5-8-12-16)20(19,18(2,3)4)17-13-9-6-10-14-17/h5-15H,1-4H3/t15-,20?/m0/s1. The van der Waals surface area contributed by atoms with Crippen molar-refractivity contribution in [3.63, 3.8) is 0 Å². The molecule has 0 radical (unpaired) electrons. The third-order valence-corrected chi connectivity index (χ3v) is 8.41. The molecule has 0 fully saturated rings. The van der Waals surface area contributed by atoms with E-state index in [9.17, 15) is 4.57 Å². The number of hydrogen-bond acceptors (Lipinski definition) is 1. The first-order chi connectivity index (χ1) is 9.37. The van der Waals surface area contributed by atoms with E-state index in [0.29, 0.717) is 0 Å². The molecule has 106 valence electrons. The second kappa shape index (κ2) is 5.58. The fraction of sp³-hybridized carbons (Fsp3) is 0.333. The predicted molar refractivity (Wildman–Crippen MR) is 88.3 cm³/mol. The van der Waals surface area contributed by atoms with Crippen molar-refractivity contribution in [2.75, 3.05) is 0 Å². The fourth-order valence-corrected chi connectivity index (χ4v) is 6.37. The number of hydrogen-bond donors (Lipinski definition) is 0. The van der Waals surface area contributed by atoms with Crippen LogP contribution in [-0.4, -0.2) is 5.16 Å². The molecule has 0 aromatic heterocycles. The van der Waals surface area contributed by atoms with E-state index in [2.05, 4.69) is 39.8 Å². The van der Waals surface area contributed by atoms with Gasteiger partial charge in [0.25, 0.3) is 0 Å². The first kappa shape index (κ1) is 15.1. The van der Waals surface area contributed by atoms with Crippen molar-refractivity contribution in [2.24, 2.45) is 0 Å². The minimum atomic E-state index is -2.57. The van der Waals surface area contributed by atoms with Gasteiger partial charge in [-0.1, -0.05) is 88.4 Å². The van der Waals surface area contributed by atoms with Crippen molar-refractivity contribution >= 4 is 12.4 Å². The zero-order valence-electron chi connectivity index (χ0n) is 12.7. The predicted octanol–water partition coefficient (Wildman–Crippen LogP) is 5.23. The monoisotopic (exact) mass is 286 g/mol. The van der Waals surface area contributed by atoms with E-state index in [-0.39, 0.29) is 10.8 Å². The van der Waals surface area contributed by atoms with Gasteiger partial charge in [0.1, 0.15) is 7.14 Å². The average Bonchev–Trinajstić information content (AvgIpc) is 2.46. The van der Waals surface area contributed by atoms with Crippen LogP contribution in [0.4, 0.5) is 0 Å². The molecular formula is C18H23OP. The van der Waals surface area contributed by atoms with Gasteiger partial charge < -0.3 is 4.57 Å². The maximum atomic E-state index is 13.9. The summed E-state index contributed by atoms with van der Waals surface area (Å²) < 4.78 is 13.9. The summed E-state index contributed by atoms with van der Waals surface area (Å²) in [6.07, 6.45) is 0. The van der Waals surface area contributed by atoms with Gasteiger partial charge in [-0.15, -0.1) is 0 Å². The molecule has 2 atom stereocenters. The van der Waals surface area contributed by atoms with E-state index in [0.717, 1.165) is 10.9 Å². The Balaban J connectivity index is 2.58. The van der Waals surface area contributed by atoms with E-state index in [1.807, 2.05) is 48.5 Å². The average molecular weight is 286 g/mol. The van der Waals surface area contributed by atoms with E-state index < -0.39 is 7.14 Å². The molecule has 0 heterocycles. The van der Waals surface area contributed by atoms with Crippen LogP contribution in [0.15, 0.2) is 60.7 Å². The van der Waals surface area contributed by atoms with Crippen LogP contribution in [0.25, 0.3) is 0 Å². The second-order valence-corrected chi connectivity index (χ2v) is 10.2. The van der Waals surface area contributed by atoms with Crippen molar-refractivity contribution in [1.29, 1.82) is 0 Å². The molecule has 0 aliphatic carbocycles. The molecule has 2 rings (SSSR count). The van der Waals surface area contributed by atoms with Crippen molar-refractivity contribution in [2.45, 2.75) is 38.5 Å². The molecule has 0 spiro atoms. The molecule has 2 aromatic rings. The minimum Gasteiger partial charge on any atom is -0.317 e. The van der Waals surface area contributed by atoms with Crippen LogP contribution in [0.5, 0.6) is 0 Å². The Morgan fingerprint density at radius 2 is 1.30 bits per heavy atom. The van der Waals surface area contributed by atoms with Crippen LogP contribution in [0.3, 0.4) is 0 Å². The van der Waals surface area contributed by atoms with Gasteiger partial charge in [-0.05, 0) is 5.56 Å². The quantitative estimate of drug-likeness (QED) is 0.706. The lowest BCUT2D eigenvalue weighted by Gasteiger charge is -2.36. The molecule has 0 bridgehead atoms. The molecule has 1 unspecified atom stereocenters. The van der Waals surface area contributed by atoms with E-state index in [1.54, 1.807) is 0 Å². The number of rotatable bonds is 3.